The Morgan fingerprint density at radius 3 is 2.92 bits per heavy atom. The highest BCUT2D eigenvalue weighted by Crippen LogP contribution is 2.06. The number of nitrogens with two attached hydrogens (primary N) is 1. The first-order valence-electron chi connectivity index (χ1n) is 4.03. The van der Waals surface area contributed by atoms with Crippen LogP contribution in [0, 0.1) is 0 Å². The van der Waals surface area contributed by atoms with E-state index < -0.39 is 12.0 Å². The predicted octanol–water partition coefficient (Wildman–Crippen LogP) is -1.05. The van der Waals surface area contributed by atoms with Gasteiger partial charge in [-0.25, -0.2) is 0 Å². The summed E-state index contributed by atoms with van der Waals surface area (Å²) in [6.45, 7) is 0.893. The molecule has 0 aromatic rings. The molecule has 3 N–H and O–H groups in total. The maximum Gasteiger partial charge on any atom is 0.326 e. The van der Waals surface area contributed by atoms with Crippen molar-refractivity contribution in [2.75, 3.05) is 13.1 Å². The molecule has 1 aliphatic heterocycles. The van der Waals surface area contributed by atoms with Crippen molar-refractivity contribution in [2.24, 2.45) is 5.73 Å². The van der Waals surface area contributed by atoms with E-state index in [4.69, 9.17) is 15.7 Å². The van der Waals surface area contributed by atoms with Crippen LogP contribution in [0.15, 0.2) is 0 Å². The Kier molecular flexibility index (Phi) is 3.21. The molecule has 0 aromatic heterocycles. The lowest BCUT2D eigenvalue weighted by molar-refractivity contribution is -0.170. The fourth-order valence-electron chi connectivity index (χ4n) is 1.02. The average molecular weight is 188 g/mol. The van der Waals surface area contributed by atoms with E-state index in [1.54, 1.807) is 0 Å². The molecule has 0 amide bonds. The van der Waals surface area contributed by atoms with Crippen molar-refractivity contribution in [1.29, 1.82) is 0 Å². The zero-order valence-electron chi connectivity index (χ0n) is 7.10. The molecule has 1 rings (SSSR count). The Hall–Kier alpha value is -1.14. The molecule has 0 saturated carbocycles. The summed E-state index contributed by atoms with van der Waals surface area (Å²) in [4.78, 5) is 25.7. The maximum atomic E-state index is 10.6. The summed E-state index contributed by atoms with van der Waals surface area (Å²) in [5.41, 5.74) is 5.26. The minimum atomic E-state index is -1.04. The monoisotopic (exact) mass is 188 g/mol. The van der Waals surface area contributed by atoms with Crippen LogP contribution in [-0.2, 0) is 14.4 Å². The van der Waals surface area contributed by atoms with Gasteiger partial charge in [-0.1, -0.05) is 0 Å². The predicted molar refractivity (Wildman–Crippen MR) is 42.5 cm³/mol. The van der Waals surface area contributed by atoms with Crippen LogP contribution in [0.1, 0.15) is 12.8 Å². The van der Waals surface area contributed by atoms with E-state index >= 15 is 0 Å². The lowest BCUT2D eigenvalue weighted by atomic mass is 10.2. The highest BCUT2D eigenvalue weighted by Gasteiger charge is 2.22. The minimum absolute atomic E-state index is 0.274. The molecule has 74 valence electrons. The van der Waals surface area contributed by atoms with Crippen LogP contribution in [0.4, 0.5) is 0 Å². The SMILES string of the molecule is NC(CCN1CCC(=O)O1)C(=O)O. The van der Waals surface area contributed by atoms with Crippen LogP contribution in [0.5, 0.6) is 0 Å². The highest BCUT2D eigenvalue weighted by molar-refractivity contribution is 5.73. The van der Waals surface area contributed by atoms with E-state index in [1.165, 1.54) is 5.06 Å². The van der Waals surface area contributed by atoms with Crippen LogP contribution < -0.4 is 5.73 Å². The van der Waals surface area contributed by atoms with E-state index in [9.17, 15) is 9.59 Å². The Bertz CT molecular complexity index is 219. The second-order valence-electron chi connectivity index (χ2n) is 2.88. The Labute approximate surface area is 75.2 Å². The van der Waals surface area contributed by atoms with Gasteiger partial charge < -0.3 is 15.7 Å². The van der Waals surface area contributed by atoms with Gasteiger partial charge in [-0.15, -0.1) is 5.06 Å². The first-order valence-corrected chi connectivity index (χ1v) is 4.03. The molecule has 0 aromatic carbocycles. The Morgan fingerprint density at radius 2 is 2.46 bits per heavy atom. The molecule has 0 radical (unpaired) electrons. The standard InChI is InChI=1S/C7H12N2O4/c8-5(7(11)12)1-3-9-4-2-6(10)13-9/h5H,1-4,8H2,(H,11,12). The molecule has 13 heavy (non-hydrogen) atoms. The molecule has 0 bridgehead atoms. The second-order valence-corrected chi connectivity index (χ2v) is 2.88. The molecule has 1 unspecified atom stereocenters. The van der Waals surface area contributed by atoms with Gasteiger partial charge >= 0.3 is 11.9 Å². The molecule has 1 saturated heterocycles. The maximum absolute atomic E-state index is 10.6. The van der Waals surface area contributed by atoms with Gasteiger partial charge in [0, 0.05) is 13.1 Å². The third-order valence-corrected chi connectivity index (χ3v) is 1.80. The van der Waals surface area contributed by atoms with Crippen LogP contribution in [-0.4, -0.2) is 41.2 Å². The van der Waals surface area contributed by atoms with Crippen LogP contribution in [0.2, 0.25) is 0 Å². The lowest BCUT2D eigenvalue weighted by Gasteiger charge is -2.13. The zero-order chi connectivity index (χ0) is 9.84. The average Bonchev–Trinajstić information content (AvgIpc) is 2.47. The molecule has 1 aliphatic rings. The molecule has 1 heterocycles. The number of carboxylic acid groups (broad SMARTS) is 1. The second kappa shape index (κ2) is 4.20. The number of carbonyl (C=O) groups excluding carboxylic acids is 1. The molecule has 1 fully saturated rings. The molecule has 6 nitrogen and oxygen atoms in total. The summed E-state index contributed by atoms with van der Waals surface area (Å²) in [5, 5.41) is 9.89. The van der Waals surface area contributed by atoms with E-state index in [-0.39, 0.29) is 12.4 Å². The van der Waals surface area contributed by atoms with Gasteiger partial charge in [-0.2, -0.15) is 0 Å². The number of rotatable bonds is 4. The number of carboxylic acids is 1. The van der Waals surface area contributed by atoms with Crippen molar-refractivity contribution in [3.63, 3.8) is 0 Å². The topological polar surface area (TPSA) is 92.9 Å². The molecular formula is C7H12N2O4. The summed E-state index contributed by atoms with van der Waals surface area (Å²) >= 11 is 0. The third-order valence-electron chi connectivity index (χ3n) is 1.80. The number of nitrogens with zero attached hydrogens (tertiary/aromatic N) is 1. The quantitative estimate of drug-likeness (QED) is 0.585. The van der Waals surface area contributed by atoms with E-state index in [2.05, 4.69) is 0 Å². The fraction of sp³-hybridized carbons (Fsp3) is 0.714. The molecule has 1 atom stereocenters. The van der Waals surface area contributed by atoms with Crippen LogP contribution >= 0.6 is 0 Å². The Morgan fingerprint density at radius 1 is 1.77 bits per heavy atom. The van der Waals surface area contributed by atoms with Crippen molar-refractivity contribution in [3.05, 3.63) is 0 Å². The van der Waals surface area contributed by atoms with Crippen molar-refractivity contribution >= 4 is 11.9 Å². The number of hydrogen-bond donors (Lipinski definition) is 2. The van der Waals surface area contributed by atoms with Gasteiger partial charge in [0.25, 0.3) is 0 Å². The van der Waals surface area contributed by atoms with Crippen LogP contribution in [0.3, 0.4) is 0 Å². The number of hydrogen-bond acceptors (Lipinski definition) is 5. The number of hydroxylamine groups is 2. The van der Waals surface area contributed by atoms with Gasteiger partial charge in [0.1, 0.15) is 6.04 Å². The number of carbonyl (C=O) groups is 2. The molecule has 0 spiro atoms. The minimum Gasteiger partial charge on any atom is -0.480 e. The van der Waals surface area contributed by atoms with E-state index in [1.807, 2.05) is 0 Å². The first-order chi connectivity index (χ1) is 6.09. The van der Waals surface area contributed by atoms with Gasteiger partial charge in [-0.05, 0) is 6.42 Å². The van der Waals surface area contributed by atoms with Crippen molar-refractivity contribution in [3.8, 4) is 0 Å². The lowest BCUT2D eigenvalue weighted by Crippen LogP contribution is -2.34. The van der Waals surface area contributed by atoms with Gasteiger partial charge in [-0.3, -0.25) is 9.59 Å². The molecular weight excluding hydrogens is 176 g/mol. The summed E-state index contributed by atoms with van der Waals surface area (Å²) in [7, 11) is 0. The smallest absolute Gasteiger partial charge is 0.326 e. The van der Waals surface area contributed by atoms with Crippen LogP contribution in [0.25, 0.3) is 0 Å². The Balaban J connectivity index is 2.19. The third kappa shape index (κ3) is 3.00. The van der Waals surface area contributed by atoms with E-state index in [0.717, 1.165) is 0 Å². The first kappa shape index (κ1) is 9.94. The summed E-state index contributed by atoms with van der Waals surface area (Å²) in [5.74, 6) is -1.31. The summed E-state index contributed by atoms with van der Waals surface area (Å²) < 4.78 is 0. The van der Waals surface area contributed by atoms with Gasteiger partial charge in [0.05, 0.1) is 6.42 Å². The van der Waals surface area contributed by atoms with E-state index in [0.29, 0.717) is 19.5 Å². The molecule has 6 heteroatoms. The fourth-order valence-corrected chi connectivity index (χ4v) is 1.02. The van der Waals surface area contributed by atoms with Gasteiger partial charge in [0.2, 0.25) is 0 Å². The van der Waals surface area contributed by atoms with Gasteiger partial charge in [0.15, 0.2) is 0 Å². The van der Waals surface area contributed by atoms with Crippen molar-refractivity contribution in [2.45, 2.75) is 18.9 Å². The number of aliphatic carboxylic acids is 1. The summed E-state index contributed by atoms with van der Waals surface area (Å²) in [6.07, 6.45) is 0.644. The highest BCUT2D eigenvalue weighted by atomic mass is 16.7. The normalized spacial score (nSPS) is 19.9. The van der Waals surface area contributed by atoms with Crippen molar-refractivity contribution < 1.29 is 19.5 Å². The zero-order valence-corrected chi connectivity index (χ0v) is 7.10. The summed E-state index contributed by atoms with van der Waals surface area (Å²) in [6, 6.07) is -0.890. The van der Waals surface area contributed by atoms with Crippen molar-refractivity contribution in [1.82, 2.24) is 5.06 Å². The largest absolute Gasteiger partial charge is 0.480 e. The molecule has 0 aliphatic carbocycles.